The Hall–Kier alpha value is -2.06. The molecular formula is C16H16BrNO5S. The number of benzene rings is 2. The molecule has 0 atom stereocenters. The van der Waals surface area contributed by atoms with Crippen LogP contribution < -0.4 is 9.46 Å². The van der Waals surface area contributed by atoms with Crippen molar-refractivity contribution in [3.05, 3.63) is 52.0 Å². The lowest BCUT2D eigenvalue weighted by Crippen LogP contribution is -2.17. The van der Waals surface area contributed by atoms with Crippen LogP contribution >= 0.6 is 15.9 Å². The normalized spacial score (nSPS) is 11.0. The molecule has 1 N–H and O–H groups in total. The number of carbonyl (C=O) groups is 1. The van der Waals surface area contributed by atoms with Crippen LogP contribution in [0.1, 0.15) is 15.9 Å². The minimum absolute atomic E-state index is 0.0411. The van der Waals surface area contributed by atoms with E-state index in [1.807, 2.05) is 6.92 Å². The first kappa shape index (κ1) is 18.3. The highest BCUT2D eigenvalue weighted by molar-refractivity contribution is 9.10. The van der Waals surface area contributed by atoms with E-state index in [1.54, 1.807) is 18.2 Å². The van der Waals surface area contributed by atoms with Crippen LogP contribution in [0.2, 0.25) is 0 Å². The molecule has 0 aliphatic rings. The van der Waals surface area contributed by atoms with Crippen molar-refractivity contribution in [3.63, 3.8) is 0 Å². The average Bonchev–Trinajstić information content (AvgIpc) is 2.56. The lowest BCUT2D eigenvalue weighted by molar-refractivity contribution is 0.0601. The Kier molecular flexibility index (Phi) is 5.51. The molecule has 0 spiro atoms. The summed E-state index contributed by atoms with van der Waals surface area (Å²) in [4.78, 5) is 12.1. The highest BCUT2D eigenvalue weighted by atomic mass is 79.9. The molecule has 0 saturated carbocycles. The van der Waals surface area contributed by atoms with Gasteiger partial charge < -0.3 is 9.47 Å². The molecule has 0 unspecified atom stereocenters. The molecular weight excluding hydrogens is 398 g/mol. The first-order chi connectivity index (χ1) is 11.3. The summed E-state index contributed by atoms with van der Waals surface area (Å²) in [5.74, 6) is -0.295. The van der Waals surface area contributed by atoms with E-state index >= 15 is 0 Å². The van der Waals surface area contributed by atoms with Crippen molar-refractivity contribution < 1.29 is 22.7 Å². The number of esters is 1. The number of halogens is 1. The van der Waals surface area contributed by atoms with Crippen molar-refractivity contribution >= 4 is 37.6 Å². The maximum absolute atomic E-state index is 12.6. The van der Waals surface area contributed by atoms with Gasteiger partial charge >= 0.3 is 5.97 Å². The van der Waals surface area contributed by atoms with Crippen LogP contribution in [0.15, 0.2) is 45.8 Å². The first-order valence-corrected chi connectivity index (χ1v) is 9.11. The van der Waals surface area contributed by atoms with E-state index in [9.17, 15) is 13.2 Å². The molecule has 0 heterocycles. The largest absolute Gasteiger partial charge is 0.497 e. The minimum atomic E-state index is -3.86. The molecule has 2 aromatic carbocycles. The number of methoxy groups -OCH3 is 2. The van der Waals surface area contributed by atoms with E-state index in [1.165, 1.54) is 32.4 Å². The second kappa shape index (κ2) is 7.23. The van der Waals surface area contributed by atoms with Gasteiger partial charge in [0.25, 0.3) is 10.0 Å². The van der Waals surface area contributed by atoms with Gasteiger partial charge in [0.15, 0.2) is 0 Å². The van der Waals surface area contributed by atoms with Gasteiger partial charge in [0.1, 0.15) is 5.75 Å². The van der Waals surface area contributed by atoms with Crippen molar-refractivity contribution in [2.75, 3.05) is 18.9 Å². The van der Waals surface area contributed by atoms with E-state index in [0.29, 0.717) is 10.2 Å². The summed E-state index contributed by atoms with van der Waals surface area (Å²) in [7, 11) is -1.21. The molecule has 0 bridgehead atoms. The maximum atomic E-state index is 12.6. The maximum Gasteiger partial charge on any atom is 0.340 e. The Bertz CT molecular complexity index is 863. The lowest BCUT2D eigenvalue weighted by atomic mass is 10.2. The highest BCUT2D eigenvalue weighted by Gasteiger charge is 2.22. The fourth-order valence-electron chi connectivity index (χ4n) is 1.99. The summed E-state index contributed by atoms with van der Waals surface area (Å²) in [5, 5.41) is 0. The molecule has 0 saturated heterocycles. The number of carbonyl (C=O) groups excluding carboxylic acids is 1. The molecule has 0 radical (unpaired) electrons. The number of ether oxygens (including phenoxy) is 2. The number of anilines is 1. The minimum Gasteiger partial charge on any atom is -0.497 e. The Balaban J connectivity index is 2.52. The molecule has 128 valence electrons. The predicted octanol–water partition coefficient (Wildman–Crippen LogP) is 3.35. The van der Waals surface area contributed by atoms with Gasteiger partial charge in [0.2, 0.25) is 0 Å². The molecule has 2 aromatic rings. The Labute approximate surface area is 149 Å². The van der Waals surface area contributed by atoms with Crippen molar-refractivity contribution in [3.8, 4) is 5.75 Å². The summed E-state index contributed by atoms with van der Waals surface area (Å²) in [6.45, 7) is 1.86. The van der Waals surface area contributed by atoms with Gasteiger partial charge in [-0.05, 0) is 47.1 Å². The third kappa shape index (κ3) is 3.88. The third-order valence-electron chi connectivity index (χ3n) is 3.27. The van der Waals surface area contributed by atoms with Crippen molar-refractivity contribution in [1.82, 2.24) is 0 Å². The van der Waals surface area contributed by atoms with Gasteiger partial charge in [-0.25, -0.2) is 13.2 Å². The van der Waals surface area contributed by atoms with E-state index in [0.717, 1.165) is 5.56 Å². The van der Waals surface area contributed by atoms with Crippen molar-refractivity contribution in [2.45, 2.75) is 11.8 Å². The molecule has 2 rings (SSSR count). The molecule has 8 heteroatoms. The summed E-state index contributed by atoms with van der Waals surface area (Å²) in [6, 6.07) is 9.33. The molecule has 0 aromatic heterocycles. The monoisotopic (exact) mass is 413 g/mol. The zero-order valence-corrected chi connectivity index (χ0v) is 15.7. The summed E-state index contributed by atoms with van der Waals surface area (Å²) in [6.07, 6.45) is 0. The number of aryl methyl sites for hydroxylation is 1. The van der Waals surface area contributed by atoms with E-state index in [2.05, 4.69) is 20.7 Å². The molecule has 6 nitrogen and oxygen atoms in total. The van der Waals surface area contributed by atoms with Crippen molar-refractivity contribution in [1.29, 1.82) is 0 Å². The van der Waals surface area contributed by atoms with Crippen LogP contribution in [-0.4, -0.2) is 28.6 Å². The third-order valence-corrected chi connectivity index (χ3v) is 5.26. The smallest absolute Gasteiger partial charge is 0.340 e. The van der Waals surface area contributed by atoms with E-state index < -0.39 is 16.0 Å². The summed E-state index contributed by atoms with van der Waals surface area (Å²) in [5.41, 5.74) is 1.07. The summed E-state index contributed by atoms with van der Waals surface area (Å²) >= 11 is 3.26. The average molecular weight is 414 g/mol. The second-order valence-corrected chi connectivity index (χ2v) is 7.48. The fraction of sp³-hybridized carbons (Fsp3) is 0.188. The van der Waals surface area contributed by atoms with E-state index in [-0.39, 0.29) is 16.1 Å². The van der Waals surface area contributed by atoms with Gasteiger partial charge in [-0.2, -0.15) is 0 Å². The van der Waals surface area contributed by atoms with Gasteiger partial charge in [-0.1, -0.05) is 17.7 Å². The van der Waals surface area contributed by atoms with Crippen LogP contribution in [0.25, 0.3) is 0 Å². The van der Waals surface area contributed by atoms with E-state index in [4.69, 9.17) is 9.47 Å². The quantitative estimate of drug-likeness (QED) is 0.759. The predicted molar refractivity (Wildman–Crippen MR) is 94.0 cm³/mol. The first-order valence-electron chi connectivity index (χ1n) is 6.84. The summed E-state index contributed by atoms with van der Waals surface area (Å²) < 4.78 is 37.7. The number of sulfonamides is 1. The second-order valence-electron chi connectivity index (χ2n) is 4.94. The highest BCUT2D eigenvalue weighted by Crippen LogP contribution is 2.33. The van der Waals surface area contributed by atoms with Crippen LogP contribution in [0.5, 0.6) is 5.75 Å². The molecule has 0 aliphatic carbocycles. The van der Waals surface area contributed by atoms with Gasteiger partial charge in [0, 0.05) is 4.47 Å². The number of hydrogen-bond acceptors (Lipinski definition) is 5. The standard InChI is InChI=1S/C16H16BrNO5S/c1-10-4-6-12(7-5-10)24(20,21)18-15-13(16(19)23-3)8-11(22-2)9-14(15)17/h4-9,18H,1-3H3. The molecule has 24 heavy (non-hydrogen) atoms. The van der Waals surface area contributed by atoms with Gasteiger partial charge in [-0.3, -0.25) is 4.72 Å². The lowest BCUT2D eigenvalue weighted by Gasteiger charge is -2.15. The van der Waals surface area contributed by atoms with Crippen LogP contribution in [0.3, 0.4) is 0 Å². The topological polar surface area (TPSA) is 81.7 Å². The fourth-order valence-corrected chi connectivity index (χ4v) is 3.76. The van der Waals surface area contributed by atoms with Crippen LogP contribution in [0, 0.1) is 6.92 Å². The van der Waals surface area contributed by atoms with Crippen LogP contribution in [0.4, 0.5) is 5.69 Å². The zero-order chi connectivity index (χ0) is 17.9. The van der Waals surface area contributed by atoms with Crippen molar-refractivity contribution in [2.24, 2.45) is 0 Å². The molecule has 0 amide bonds. The van der Waals surface area contributed by atoms with Gasteiger partial charge in [0.05, 0.1) is 30.4 Å². The Morgan fingerprint density at radius 1 is 1.12 bits per heavy atom. The van der Waals surface area contributed by atoms with Crippen LogP contribution in [-0.2, 0) is 14.8 Å². The molecule has 0 fully saturated rings. The number of nitrogens with one attached hydrogen (secondary N) is 1. The van der Waals surface area contributed by atoms with Gasteiger partial charge in [-0.15, -0.1) is 0 Å². The molecule has 0 aliphatic heterocycles. The number of rotatable bonds is 5. The zero-order valence-electron chi connectivity index (χ0n) is 13.3. The SMILES string of the molecule is COC(=O)c1cc(OC)cc(Br)c1NS(=O)(=O)c1ccc(C)cc1. The number of hydrogen-bond donors (Lipinski definition) is 1. The Morgan fingerprint density at radius 3 is 2.29 bits per heavy atom. The Morgan fingerprint density at radius 2 is 1.75 bits per heavy atom.